The van der Waals surface area contributed by atoms with Gasteiger partial charge in [0, 0.05) is 37.8 Å². The molecule has 0 aliphatic carbocycles. The molecule has 102 valence electrons. The lowest BCUT2D eigenvalue weighted by Gasteiger charge is -2.31. The summed E-state index contributed by atoms with van der Waals surface area (Å²) in [4.78, 5) is 17.0. The van der Waals surface area contributed by atoms with Crippen LogP contribution in [-0.4, -0.2) is 47.9 Å². The fourth-order valence-corrected chi connectivity index (χ4v) is 3.25. The van der Waals surface area contributed by atoms with E-state index in [4.69, 9.17) is 23.2 Å². The predicted octanol–water partition coefficient (Wildman–Crippen LogP) is 2.91. The fourth-order valence-electron chi connectivity index (χ4n) is 2.95. The fraction of sp³-hybridized carbons (Fsp3) is 0.500. The molecule has 3 heterocycles. The number of halogens is 2. The summed E-state index contributed by atoms with van der Waals surface area (Å²) in [7, 11) is 0. The van der Waals surface area contributed by atoms with Crippen LogP contribution in [0.4, 0.5) is 0 Å². The van der Waals surface area contributed by atoms with Crippen molar-refractivity contribution in [3.05, 3.63) is 33.8 Å². The Kier molecular flexibility index (Phi) is 3.70. The van der Waals surface area contributed by atoms with E-state index < -0.39 is 0 Å². The van der Waals surface area contributed by atoms with Gasteiger partial charge in [-0.25, -0.2) is 0 Å². The minimum Gasteiger partial charge on any atom is -0.334 e. The lowest BCUT2D eigenvalue weighted by Crippen LogP contribution is -2.41. The van der Waals surface area contributed by atoms with Crippen LogP contribution in [0.5, 0.6) is 0 Å². The van der Waals surface area contributed by atoms with E-state index in [1.165, 1.54) is 0 Å². The summed E-state index contributed by atoms with van der Waals surface area (Å²) in [5, 5.41) is 0.927. The smallest absolute Gasteiger partial charge is 0.254 e. The minimum absolute atomic E-state index is 0.0762. The van der Waals surface area contributed by atoms with Crippen LogP contribution in [0.25, 0.3) is 0 Å². The number of hydrogen-bond acceptors (Lipinski definition) is 2. The van der Waals surface area contributed by atoms with E-state index in [0.29, 0.717) is 21.7 Å². The van der Waals surface area contributed by atoms with Crippen molar-refractivity contribution in [1.29, 1.82) is 0 Å². The van der Waals surface area contributed by atoms with Crippen LogP contribution in [0.15, 0.2) is 18.2 Å². The highest BCUT2D eigenvalue weighted by molar-refractivity contribution is 6.42. The monoisotopic (exact) mass is 298 g/mol. The van der Waals surface area contributed by atoms with E-state index in [1.807, 2.05) is 4.90 Å². The molecule has 0 unspecified atom stereocenters. The Bertz CT molecular complexity index is 498. The van der Waals surface area contributed by atoms with Gasteiger partial charge in [0.1, 0.15) is 0 Å². The van der Waals surface area contributed by atoms with Crippen molar-refractivity contribution >= 4 is 29.1 Å². The first kappa shape index (κ1) is 13.2. The molecule has 3 aliphatic heterocycles. The average molecular weight is 299 g/mol. The first-order valence-electron chi connectivity index (χ1n) is 6.63. The number of hydrogen-bond donors (Lipinski definition) is 0. The van der Waals surface area contributed by atoms with Crippen molar-refractivity contribution in [2.45, 2.75) is 18.9 Å². The molecule has 3 fully saturated rings. The van der Waals surface area contributed by atoms with Crippen LogP contribution >= 0.6 is 23.2 Å². The lowest BCUT2D eigenvalue weighted by atomic mass is 10.0. The Balaban J connectivity index is 1.84. The summed E-state index contributed by atoms with van der Waals surface area (Å²) >= 11 is 11.9. The van der Waals surface area contributed by atoms with Gasteiger partial charge in [-0.05, 0) is 31.0 Å². The molecule has 1 aromatic rings. The molecule has 3 aliphatic rings. The molecular weight excluding hydrogens is 283 g/mol. The zero-order chi connectivity index (χ0) is 13.4. The molecule has 1 amide bonds. The molecule has 0 radical (unpaired) electrons. The number of benzene rings is 1. The Labute approximate surface area is 123 Å². The molecule has 0 spiro atoms. The zero-order valence-corrected chi connectivity index (χ0v) is 12.1. The van der Waals surface area contributed by atoms with Gasteiger partial charge in [-0.3, -0.25) is 4.79 Å². The highest BCUT2D eigenvalue weighted by Gasteiger charge is 2.32. The van der Waals surface area contributed by atoms with Crippen molar-refractivity contribution in [2.75, 3.05) is 26.2 Å². The summed E-state index contributed by atoms with van der Waals surface area (Å²) in [6, 6.07) is 5.49. The molecule has 19 heavy (non-hydrogen) atoms. The Morgan fingerprint density at radius 2 is 1.79 bits per heavy atom. The third-order valence-electron chi connectivity index (χ3n) is 4.08. The van der Waals surface area contributed by atoms with Crippen molar-refractivity contribution in [2.24, 2.45) is 0 Å². The molecule has 5 heteroatoms. The van der Waals surface area contributed by atoms with Crippen LogP contribution in [-0.2, 0) is 0 Å². The largest absolute Gasteiger partial charge is 0.334 e. The number of carbonyl (C=O) groups excluding carboxylic acids is 1. The molecule has 4 rings (SSSR count). The molecule has 1 aromatic carbocycles. The predicted molar refractivity (Wildman–Crippen MR) is 77.0 cm³/mol. The van der Waals surface area contributed by atoms with Gasteiger partial charge in [-0.15, -0.1) is 0 Å². The Hall–Kier alpha value is -0.770. The van der Waals surface area contributed by atoms with Gasteiger partial charge in [-0.1, -0.05) is 23.2 Å². The number of fused-ring (bicyclic) bond motifs is 4. The van der Waals surface area contributed by atoms with Gasteiger partial charge in [0.05, 0.1) is 10.0 Å². The van der Waals surface area contributed by atoms with Gasteiger partial charge in [0.25, 0.3) is 5.91 Å². The van der Waals surface area contributed by atoms with Gasteiger partial charge in [0.2, 0.25) is 0 Å². The second-order valence-corrected chi connectivity index (χ2v) is 6.01. The van der Waals surface area contributed by atoms with E-state index in [1.54, 1.807) is 18.2 Å². The third-order valence-corrected chi connectivity index (χ3v) is 4.82. The highest BCUT2D eigenvalue weighted by Crippen LogP contribution is 2.26. The number of rotatable bonds is 1. The van der Waals surface area contributed by atoms with Crippen molar-refractivity contribution < 1.29 is 4.79 Å². The molecule has 0 aromatic heterocycles. The number of piperidine rings is 1. The minimum atomic E-state index is 0.0762. The second-order valence-electron chi connectivity index (χ2n) is 5.20. The van der Waals surface area contributed by atoms with E-state index in [0.717, 1.165) is 39.0 Å². The standard InChI is InChI=1S/C14H16Cl2N2O/c15-12-2-1-10(9-13(12)16)14(19)18-8-7-17-5-3-11(18)4-6-17/h1-2,9,11H,3-8H2. The van der Waals surface area contributed by atoms with E-state index >= 15 is 0 Å². The van der Waals surface area contributed by atoms with Crippen molar-refractivity contribution in [3.8, 4) is 0 Å². The van der Waals surface area contributed by atoms with Gasteiger partial charge < -0.3 is 9.80 Å². The van der Waals surface area contributed by atoms with Crippen molar-refractivity contribution in [1.82, 2.24) is 9.80 Å². The van der Waals surface area contributed by atoms with E-state index in [2.05, 4.69) is 4.90 Å². The normalized spacial score (nSPS) is 26.3. The number of nitrogens with zero attached hydrogens (tertiary/aromatic N) is 2. The molecule has 0 atom stereocenters. The second kappa shape index (κ2) is 5.31. The number of amides is 1. The van der Waals surface area contributed by atoms with Crippen LogP contribution in [0.3, 0.4) is 0 Å². The average Bonchev–Trinajstić information content (AvgIpc) is 2.74. The quantitative estimate of drug-likeness (QED) is 0.796. The molecule has 0 N–H and O–H groups in total. The lowest BCUT2D eigenvalue weighted by molar-refractivity contribution is 0.0685. The van der Waals surface area contributed by atoms with E-state index in [9.17, 15) is 4.79 Å². The summed E-state index contributed by atoms with van der Waals surface area (Å²) in [6.45, 7) is 4.00. The SMILES string of the molecule is O=C(c1ccc(Cl)c(Cl)c1)N1CCN2CCC1CC2. The zero-order valence-electron chi connectivity index (χ0n) is 10.6. The maximum Gasteiger partial charge on any atom is 0.254 e. The molecule has 2 bridgehead atoms. The van der Waals surface area contributed by atoms with Crippen molar-refractivity contribution in [3.63, 3.8) is 0 Å². The van der Waals surface area contributed by atoms with Crippen LogP contribution in [0.1, 0.15) is 23.2 Å². The molecular formula is C14H16Cl2N2O. The summed E-state index contributed by atoms with van der Waals surface area (Å²) in [5.74, 6) is 0.0762. The van der Waals surface area contributed by atoms with Crippen LogP contribution < -0.4 is 0 Å². The molecule has 3 nitrogen and oxygen atoms in total. The topological polar surface area (TPSA) is 23.6 Å². The third kappa shape index (κ3) is 2.60. The van der Waals surface area contributed by atoms with Gasteiger partial charge >= 0.3 is 0 Å². The van der Waals surface area contributed by atoms with Gasteiger partial charge in [0.15, 0.2) is 0 Å². The maximum atomic E-state index is 12.6. The number of carbonyl (C=O) groups is 1. The van der Waals surface area contributed by atoms with E-state index in [-0.39, 0.29) is 5.91 Å². The Morgan fingerprint density at radius 1 is 1.05 bits per heavy atom. The first-order chi connectivity index (χ1) is 9.15. The van der Waals surface area contributed by atoms with Crippen LogP contribution in [0.2, 0.25) is 10.0 Å². The first-order valence-corrected chi connectivity index (χ1v) is 7.39. The molecule has 3 saturated heterocycles. The molecule has 0 saturated carbocycles. The summed E-state index contributed by atoms with van der Waals surface area (Å²) in [5.41, 5.74) is 0.634. The maximum absolute atomic E-state index is 12.6. The highest BCUT2D eigenvalue weighted by atomic mass is 35.5. The van der Waals surface area contributed by atoms with Gasteiger partial charge in [-0.2, -0.15) is 0 Å². The summed E-state index contributed by atoms with van der Waals surface area (Å²) in [6.07, 6.45) is 2.15. The Morgan fingerprint density at radius 3 is 2.47 bits per heavy atom. The summed E-state index contributed by atoms with van der Waals surface area (Å²) < 4.78 is 0. The van der Waals surface area contributed by atoms with Crippen LogP contribution in [0, 0.1) is 0 Å².